The number of carbonyl (C=O) groups excluding carboxylic acids is 1. The van der Waals surface area contributed by atoms with Crippen LogP contribution in [0.5, 0.6) is 0 Å². The number of amides is 1. The lowest BCUT2D eigenvalue weighted by atomic mass is 10.1. The summed E-state index contributed by atoms with van der Waals surface area (Å²) in [5, 5.41) is 16.5. The summed E-state index contributed by atoms with van der Waals surface area (Å²) in [5.74, 6) is -0.615. The summed E-state index contributed by atoms with van der Waals surface area (Å²) < 4.78 is 0. The number of nitrogens with one attached hydrogen (secondary N) is 2. The summed E-state index contributed by atoms with van der Waals surface area (Å²) in [6, 6.07) is 0. The van der Waals surface area contributed by atoms with Crippen LogP contribution in [0.1, 0.15) is 20.8 Å². The smallest absolute Gasteiger partial charge is 0.353 e. The molecular formula is C10H16N6O3. The van der Waals surface area contributed by atoms with Gasteiger partial charge in [-0.3, -0.25) is 14.9 Å². The number of rotatable bonds is 6. The molecule has 1 aromatic heterocycles. The first kappa shape index (κ1) is 14.6. The van der Waals surface area contributed by atoms with Crippen molar-refractivity contribution in [1.29, 1.82) is 0 Å². The van der Waals surface area contributed by atoms with Gasteiger partial charge in [-0.1, -0.05) is 0 Å². The van der Waals surface area contributed by atoms with Crippen LogP contribution in [0.3, 0.4) is 0 Å². The molecule has 0 aliphatic rings. The highest BCUT2D eigenvalue weighted by Gasteiger charge is 2.30. The van der Waals surface area contributed by atoms with Crippen LogP contribution >= 0.6 is 0 Å². The average Bonchev–Trinajstić information content (AvgIpc) is 2.28. The van der Waals surface area contributed by atoms with Crippen LogP contribution in [0.15, 0.2) is 6.33 Å². The Bertz CT molecular complexity index is 502. The van der Waals surface area contributed by atoms with Crippen LogP contribution in [0.4, 0.5) is 17.3 Å². The van der Waals surface area contributed by atoms with E-state index in [0.29, 0.717) is 6.54 Å². The van der Waals surface area contributed by atoms with Crippen molar-refractivity contribution in [2.24, 2.45) is 5.73 Å². The highest BCUT2D eigenvalue weighted by atomic mass is 16.6. The van der Waals surface area contributed by atoms with Gasteiger partial charge in [-0.15, -0.1) is 0 Å². The molecule has 0 aromatic carbocycles. The standard InChI is InChI=1S/C10H16N6O3/c1-4-12-7-6(16(18)19)8(14-5-13-7)15-10(2,3)9(11)17/h5H,4H2,1-3H3,(H2,11,17)(H2,12,13,14,15). The molecule has 0 radical (unpaired) electrons. The van der Waals surface area contributed by atoms with Crippen LogP contribution < -0.4 is 16.4 Å². The van der Waals surface area contributed by atoms with Gasteiger partial charge in [0.05, 0.1) is 4.92 Å². The van der Waals surface area contributed by atoms with Gasteiger partial charge in [-0.2, -0.15) is 0 Å². The summed E-state index contributed by atoms with van der Waals surface area (Å²) >= 11 is 0. The Morgan fingerprint density at radius 2 is 2.05 bits per heavy atom. The number of hydrogen-bond acceptors (Lipinski definition) is 7. The van der Waals surface area contributed by atoms with Crippen molar-refractivity contribution < 1.29 is 9.72 Å². The third-order valence-corrected chi connectivity index (χ3v) is 2.40. The summed E-state index contributed by atoms with van der Waals surface area (Å²) in [7, 11) is 0. The minimum absolute atomic E-state index is 0.0558. The molecule has 9 heteroatoms. The molecule has 0 aliphatic carbocycles. The minimum Gasteiger partial charge on any atom is -0.368 e. The molecule has 0 saturated carbocycles. The average molecular weight is 268 g/mol. The molecule has 19 heavy (non-hydrogen) atoms. The van der Waals surface area contributed by atoms with E-state index in [0.717, 1.165) is 0 Å². The van der Waals surface area contributed by atoms with Crippen LogP contribution in [0.2, 0.25) is 0 Å². The first-order chi connectivity index (χ1) is 8.79. The minimum atomic E-state index is -1.16. The maximum atomic E-state index is 11.2. The largest absolute Gasteiger partial charge is 0.368 e. The zero-order chi connectivity index (χ0) is 14.6. The predicted molar refractivity (Wildman–Crippen MR) is 69.7 cm³/mol. The van der Waals surface area contributed by atoms with Crippen LogP contribution in [0, 0.1) is 10.1 Å². The number of nitrogens with zero attached hydrogens (tertiary/aromatic N) is 3. The van der Waals surface area contributed by atoms with Gasteiger partial charge in [0.25, 0.3) is 0 Å². The van der Waals surface area contributed by atoms with Gasteiger partial charge >= 0.3 is 5.69 Å². The van der Waals surface area contributed by atoms with E-state index in [-0.39, 0.29) is 17.3 Å². The van der Waals surface area contributed by atoms with Gasteiger partial charge in [0, 0.05) is 6.54 Å². The summed E-state index contributed by atoms with van der Waals surface area (Å²) in [5.41, 5.74) is 3.73. The van der Waals surface area contributed by atoms with E-state index in [2.05, 4.69) is 20.6 Å². The number of hydrogen-bond donors (Lipinski definition) is 3. The maximum absolute atomic E-state index is 11.2. The third kappa shape index (κ3) is 3.27. The Morgan fingerprint density at radius 3 is 2.53 bits per heavy atom. The van der Waals surface area contributed by atoms with Crippen molar-refractivity contribution in [3.05, 3.63) is 16.4 Å². The van der Waals surface area contributed by atoms with Crippen LogP contribution in [-0.2, 0) is 4.79 Å². The van der Waals surface area contributed by atoms with Crippen molar-refractivity contribution in [1.82, 2.24) is 9.97 Å². The lowest BCUT2D eigenvalue weighted by Crippen LogP contribution is -2.45. The fourth-order valence-electron chi connectivity index (χ4n) is 1.30. The molecular weight excluding hydrogens is 252 g/mol. The number of primary amides is 1. The molecule has 1 amide bonds. The van der Waals surface area contributed by atoms with Crippen molar-refractivity contribution >= 4 is 23.2 Å². The number of aromatic nitrogens is 2. The topological polar surface area (TPSA) is 136 Å². The van der Waals surface area contributed by atoms with Gasteiger partial charge in [0.2, 0.25) is 17.5 Å². The lowest BCUT2D eigenvalue weighted by Gasteiger charge is -2.22. The SMILES string of the molecule is CCNc1ncnc(NC(C)(C)C(N)=O)c1[N+](=O)[O-]. The van der Waals surface area contributed by atoms with Crippen molar-refractivity contribution in [2.45, 2.75) is 26.3 Å². The van der Waals surface area contributed by atoms with E-state index in [1.165, 1.54) is 20.2 Å². The van der Waals surface area contributed by atoms with E-state index in [4.69, 9.17) is 5.73 Å². The zero-order valence-electron chi connectivity index (χ0n) is 10.9. The zero-order valence-corrected chi connectivity index (χ0v) is 10.9. The van der Waals surface area contributed by atoms with E-state index >= 15 is 0 Å². The second kappa shape index (κ2) is 5.46. The predicted octanol–water partition coefficient (Wildman–Crippen LogP) is 0.492. The molecule has 1 aromatic rings. The number of nitro groups is 1. The Balaban J connectivity index is 3.24. The molecule has 9 nitrogen and oxygen atoms in total. The Morgan fingerprint density at radius 1 is 1.47 bits per heavy atom. The molecule has 1 rings (SSSR count). The molecule has 1 heterocycles. The van der Waals surface area contributed by atoms with Gasteiger partial charge in [-0.05, 0) is 20.8 Å². The van der Waals surface area contributed by atoms with Gasteiger partial charge in [0.1, 0.15) is 11.9 Å². The van der Waals surface area contributed by atoms with Crippen molar-refractivity contribution in [3.8, 4) is 0 Å². The molecule has 0 unspecified atom stereocenters. The fraction of sp³-hybridized carbons (Fsp3) is 0.500. The van der Waals surface area contributed by atoms with Gasteiger partial charge in [0.15, 0.2) is 0 Å². The Kier molecular flexibility index (Phi) is 4.20. The van der Waals surface area contributed by atoms with Crippen molar-refractivity contribution in [3.63, 3.8) is 0 Å². The highest BCUT2D eigenvalue weighted by Crippen LogP contribution is 2.30. The Labute approximate surface area is 109 Å². The lowest BCUT2D eigenvalue weighted by molar-refractivity contribution is -0.383. The fourth-order valence-corrected chi connectivity index (χ4v) is 1.30. The second-order valence-electron chi connectivity index (χ2n) is 4.32. The second-order valence-corrected chi connectivity index (χ2v) is 4.32. The first-order valence-electron chi connectivity index (χ1n) is 5.61. The first-order valence-corrected chi connectivity index (χ1v) is 5.61. The molecule has 0 saturated heterocycles. The molecule has 0 aliphatic heterocycles. The van der Waals surface area contributed by atoms with Crippen LogP contribution in [0.25, 0.3) is 0 Å². The molecule has 0 atom stereocenters. The van der Waals surface area contributed by atoms with E-state index < -0.39 is 16.4 Å². The number of nitrogens with two attached hydrogens (primary N) is 1. The Hall–Kier alpha value is -2.45. The summed E-state index contributed by atoms with van der Waals surface area (Å²) in [6.07, 6.45) is 1.17. The quantitative estimate of drug-likeness (QED) is 0.504. The van der Waals surface area contributed by atoms with Gasteiger partial charge < -0.3 is 16.4 Å². The van der Waals surface area contributed by atoms with Crippen molar-refractivity contribution in [2.75, 3.05) is 17.2 Å². The maximum Gasteiger partial charge on any atom is 0.353 e. The molecule has 104 valence electrons. The van der Waals surface area contributed by atoms with Crippen LogP contribution in [-0.4, -0.2) is 32.9 Å². The number of anilines is 2. The third-order valence-electron chi connectivity index (χ3n) is 2.40. The molecule has 4 N–H and O–H groups in total. The van der Waals surface area contributed by atoms with Gasteiger partial charge in [-0.25, -0.2) is 9.97 Å². The molecule has 0 fully saturated rings. The normalized spacial score (nSPS) is 10.9. The molecule has 0 bridgehead atoms. The summed E-state index contributed by atoms with van der Waals surface area (Å²) in [4.78, 5) is 29.3. The summed E-state index contributed by atoms with van der Waals surface area (Å²) in [6.45, 7) is 5.27. The van der Waals surface area contributed by atoms with E-state index in [1.54, 1.807) is 6.92 Å². The highest BCUT2D eigenvalue weighted by molar-refractivity contribution is 5.87. The van der Waals surface area contributed by atoms with E-state index in [1.807, 2.05) is 0 Å². The molecule has 0 spiro atoms. The number of carbonyl (C=O) groups is 1. The monoisotopic (exact) mass is 268 g/mol. The van der Waals surface area contributed by atoms with E-state index in [9.17, 15) is 14.9 Å².